The molecule has 5 amide bonds. The normalized spacial score (nSPS) is 19.3. The van der Waals surface area contributed by atoms with Gasteiger partial charge in [-0.05, 0) is 25.3 Å². The number of carbonyl (C=O) groups is 5. The Balaban J connectivity index is 1.79. The van der Waals surface area contributed by atoms with E-state index in [0.717, 1.165) is 4.90 Å². The smallest absolute Gasteiger partial charge is 0.338 e. The lowest BCUT2D eigenvalue weighted by atomic mass is 9.93. The molecule has 1 unspecified atom stereocenters. The van der Waals surface area contributed by atoms with Crippen LogP contribution in [-0.4, -0.2) is 60.1 Å². The van der Waals surface area contributed by atoms with Gasteiger partial charge in [0.2, 0.25) is 0 Å². The summed E-state index contributed by atoms with van der Waals surface area (Å²) in [5.41, 5.74) is -0.258. The van der Waals surface area contributed by atoms with Crippen molar-refractivity contribution in [2.45, 2.75) is 45.2 Å². The third-order valence-corrected chi connectivity index (χ3v) is 5.90. The average Bonchev–Trinajstić information content (AvgIpc) is 3.07. The zero-order chi connectivity index (χ0) is 24.9. The summed E-state index contributed by atoms with van der Waals surface area (Å²) in [6.07, 6.45) is 0.768. The Kier molecular flexibility index (Phi) is 7.54. The Morgan fingerprint density at radius 3 is 2.29 bits per heavy atom. The van der Waals surface area contributed by atoms with Crippen molar-refractivity contribution in [2.24, 2.45) is 0 Å². The molecule has 1 aromatic rings. The third-order valence-electron chi connectivity index (χ3n) is 5.90. The number of nitrogens with zero attached hydrogens (tertiary/aromatic N) is 1. The first-order chi connectivity index (χ1) is 16.3. The van der Waals surface area contributed by atoms with Crippen molar-refractivity contribution in [3.63, 3.8) is 0 Å². The van der Waals surface area contributed by atoms with E-state index in [4.69, 9.17) is 9.47 Å². The Hall–Kier alpha value is -3.89. The summed E-state index contributed by atoms with van der Waals surface area (Å²) in [4.78, 5) is 63.3. The lowest BCUT2D eigenvalue weighted by molar-refractivity contribution is -0.147. The van der Waals surface area contributed by atoms with Crippen molar-refractivity contribution in [2.75, 3.05) is 19.8 Å². The monoisotopic (exact) mass is 472 g/mol. The van der Waals surface area contributed by atoms with Crippen LogP contribution in [0.4, 0.5) is 9.59 Å². The largest absolute Gasteiger partial charge is 0.463 e. The second-order valence-electron chi connectivity index (χ2n) is 7.83. The van der Waals surface area contributed by atoms with Crippen molar-refractivity contribution in [3.05, 3.63) is 47.2 Å². The predicted octanol–water partition coefficient (Wildman–Crippen LogP) is 1.51. The van der Waals surface area contributed by atoms with Crippen LogP contribution in [0.15, 0.2) is 41.6 Å². The molecule has 0 spiro atoms. The molecule has 11 nitrogen and oxygen atoms in total. The molecule has 1 saturated heterocycles. The minimum atomic E-state index is -1.04. The van der Waals surface area contributed by atoms with Crippen LogP contribution >= 0.6 is 0 Å². The maximum Gasteiger partial charge on any atom is 0.338 e. The molecule has 2 aliphatic rings. The molecule has 1 fully saturated rings. The van der Waals surface area contributed by atoms with E-state index < -0.39 is 54.6 Å². The summed E-state index contributed by atoms with van der Waals surface area (Å²) >= 11 is 0. The van der Waals surface area contributed by atoms with Crippen molar-refractivity contribution in [1.29, 1.82) is 0 Å². The number of nitrogens with one attached hydrogen (secondary N) is 3. The third kappa shape index (κ3) is 4.87. The highest BCUT2D eigenvalue weighted by Gasteiger charge is 2.49. The van der Waals surface area contributed by atoms with Crippen molar-refractivity contribution >= 4 is 29.9 Å². The Morgan fingerprint density at radius 2 is 1.71 bits per heavy atom. The second-order valence-corrected chi connectivity index (χ2v) is 7.83. The van der Waals surface area contributed by atoms with E-state index in [1.807, 2.05) is 0 Å². The number of amides is 5. The van der Waals surface area contributed by atoms with Gasteiger partial charge in [0.05, 0.1) is 23.9 Å². The number of benzene rings is 1. The molecule has 1 aromatic carbocycles. The van der Waals surface area contributed by atoms with Crippen LogP contribution in [-0.2, 0) is 23.9 Å². The van der Waals surface area contributed by atoms with Gasteiger partial charge in [-0.2, -0.15) is 0 Å². The van der Waals surface area contributed by atoms with Crippen LogP contribution in [0.3, 0.4) is 0 Å². The molecule has 0 aromatic heterocycles. The molecule has 2 aliphatic heterocycles. The van der Waals surface area contributed by atoms with Crippen molar-refractivity contribution < 1.29 is 33.4 Å². The molecule has 0 saturated carbocycles. The van der Waals surface area contributed by atoms with Crippen LogP contribution in [0, 0.1) is 0 Å². The molecule has 0 bridgehead atoms. The van der Waals surface area contributed by atoms with Gasteiger partial charge >= 0.3 is 24.0 Å². The van der Waals surface area contributed by atoms with Gasteiger partial charge < -0.3 is 25.4 Å². The number of urea groups is 2. The first-order valence-corrected chi connectivity index (χ1v) is 11.1. The van der Waals surface area contributed by atoms with Gasteiger partial charge in [0.15, 0.2) is 0 Å². The molecule has 0 radical (unpaired) electrons. The van der Waals surface area contributed by atoms with E-state index >= 15 is 0 Å². The molecule has 3 N–H and O–H groups in total. The molecule has 1 atom stereocenters. The number of rotatable bonds is 9. The Morgan fingerprint density at radius 1 is 1.03 bits per heavy atom. The maximum absolute atomic E-state index is 12.7. The Labute approximate surface area is 196 Å². The van der Waals surface area contributed by atoms with Crippen molar-refractivity contribution in [3.8, 4) is 0 Å². The highest BCUT2D eigenvalue weighted by Crippen LogP contribution is 2.28. The van der Waals surface area contributed by atoms with Crippen LogP contribution in [0.5, 0.6) is 0 Å². The molecule has 0 aliphatic carbocycles. The van der Waals surface area contributed by atoms with E-state index in [1.54, 1.807) is 51.1 Å². The first kappa shape index (κ1) is 24.7. The van der Waals surface area contributed by atoms with E-state index in [-0.39, 0.29) is 17.9 Å². The summed E-state index contributed by atoms with van der Waals surface area (Å²) < 4.78 is 10.4. The lowest BCUT2D eigenvalue weighted by Crippen LogP contribution is -2.47. The minimum absolute atomic E-state index is 0.0538. The summed E-state index contributed by atoms with van der Waals surface area (Å²) in [6, 6.07) is 6.73. The van der Waals surface area contributed by atoms with Gasteiger partial charge in [-0.15, -0.1) is 0 Å². The fourth-order valence-electron chi connectivity index (χ4n) is 3.95. The number of esters is 2. The highest BCUT2D eigenvalue weighted by molar-refractivity contribution is 6.08. The zero-order valence-electron chi connectivity index (χ0n) is 19.3. The van der Waals surface area contributed by atoms with Gasteiger partial charge in [-0.3, -0.25) is 14.5 Å². The van der Waals surface area contributed by atoms with E-state index in [0.29, 0.717) is 18.4 Å². The quantitative estimate of drug-likeness (QED) is 0.365. The standard InChI is InChI=1S/C23H28N4O7/c1-4-23(5-2)20(30)27(22(32)26-23)12-16(28)34-13-15-17(19(29)33-6-3)18(25-21(31)24-15)14-10-8-7-9-11-14/h7-11,18H,4-6,12-13H2,1-3H3,(H,26,32)(H2,24,25,31). The van der Waals surface area contributed by atoms with E-state index in [9.17, 15) is 24.0 Å². The zero-order valence-corrected chi connectivity index (χ0v) is 19.3. The molecular weight excluding hydrogens is 444 g/mol. The van der Waals surface area contributed by atoms with E-state index in [2.05, 4.69) is 16.0 Å². The number of hydrogen-bond donors (Lipinski definition) is 3. The molecule has 2 heterocycles. The average molecular weight is 472 g/mol. The highest BCUT2D eigenvalue weighted by atomic mass is 16.5. The van der Waals surface area contributed by atoms with Crippen LogP contribution in [0.2, 0.25) is 0 Å². The van der Waals surface area contributed by atoms with Crippen LogP contribution in [0.1, 0.15) is 45.2 Å². The van der Waals surface area contributed by atoms with Crippen LogP contribution < -0.4 is 16.0 Å². The lowest BCUT2D eigenvalue weighted by Gasteiger charge is -2.29. The predicted molar refractivity (Wildman–Crippen MR) is 119 cm³/mol. The topological polar surface area (TPSA) is 143 Å². The Bertz CT molecular complexity index is 1020. The summed E-state index contributed by atoms with van der Waals surface area (Å²) in [6.45, 7) is 4.25. The molecule has 3 rings (SSSR count). The van der Waals surface area contributed by atoms with Gasteiger partial charge in [0, 0.05) is 0 Å². The van der Waals surface area contributed by atoms with Crippen molar-refractivity contribution in [1.82, 2.24) is 20.9 Å². The fourth-order valence-corrected chi connectivity index (χ4v) is 3.95. The molecule has 182 valence electrons. The number of imide groups is 1. The second kappa shape index (κ2) is 10.4. The number of carbonyl (C=O) groups excluding carboxylic acids is 5. The number of ether oxygens (including phenoxy) is 2. The summed E-state index contributed by atoms with van der Waals surface area (Å²) in [5, 5.41) is 7.81. The molecule has 34 heavy (non-hydrogen) atoms. The van der Waals surface area contributed by atoms with Gasteiger partial charge in [0.25, 0.3) is 5.91 Å². The summed E-state index contributed by atoms with van der Waals surface area (Å²) in [7, 11) is 0. The molecule has 11 heteroatoms. The van der Waals surface area contributed by atoms with Gasteiger partial charge in [-0.1, -0.05) is 44.2 Å². The van der Waals surface area contributed by atoms with Gasteiger partial charge in [-0.25, -0.2) is 14.4 Å². The fraction of sp³-hybridized carbons (Fsp3) is 0.435. The number of hydrogen-bond acceptors (Lipinski definition) is 7. The molecular formula is C23H28N4O7. The van der Waals surface area contributed by atoms with Crippen LogP contribution in [0.25, 0.3) is 0 Å². The minimum Gasteiger partial charge on any atom is -0.463 e. The first-order valence-electron chi connectivity index (χ1n) is 11.1. The van der Waals surface area contributed by atoms with E-state index in [1.165, 1.54) is 0 Å². The van der Waals surface area contributed by atoms with Gasteiger partial charge in [0.1, 0.15) is 18.7 Å². The maximum atomic E-state index is 12.7. The summed E-state index contributed by atoms with van der Waals surface area (Å²) in [5.74, 6) is -2.05. The SMILES string of the molecule is CCOC(=O)C1=C(COC(=O)CN2C(=O)NC(CC)(CC)C2=O)NC(=O)NC1c1ccccc1.